The first-order valence-electron chi connectivity index (χ1n) is 6.94. The van der Waals surface area contributed by atoms with Gasteiger partial charge >= 0.3 is 0 Å². The van der Waals surface area contributed by atoms with Crippen LogP contribution in [0.4, 0.5) is 17.5 Å². The standard InChI is InChI=1S/C15H18N6/c1-4-10-5-7-11(8-6-10)21(3)14-12-9-17-20-13(12)18-15(16-2)19-14/h5-9H,4H2,1-3H3,(H2,16,17,18,19,20). The number of hydrogen-bond donors (Lipinski definition) is 2. The Morgan fingerprint density at radius 2 is 1.95 bits per heavy atom. The highest BCUT2D eigenvalue weighted by Crippen LogP contribution is 2.28. The molecule has 0 aliphatic heterocycles. The molecule has 0 aliphatic carbocycles. The zero-order valence-corrected chi connectivity index (χ0v) is 12.4. The molecule has 3 rings (SSSR count). The number of nitrogens with zero attached hydrogens (tertiary/aromatic N) is 4. The molecular formula is C15H18N6. The van der Waals surface area contributed by atoms with E-state index in [1.807, 2.05) is 11.9 Å². The van der Waals surface area contributed by atoms with Crippen molar-refractivity contribution in [3.8, 4) is 0 Å². The second kappa shape index (κ2) is 5.40. The summed E-state index contributed by atoms with van der Waals surface area (Å²) < 4.78 is 0. The Morgan fingerprint density at radius 3 is 2.62 bits per heavy atom. The van der Waals surface area contributed by atoms with Crippen LogP contribution in [0.2, 0.25) is 0 Å². The van der Waals surface area contributed by atoms with E-state index < -0.39 is 0 Å². The van der Waals surface area contributed by atoms with E-state index in [4.69, 9.17) is 0 Å². The molecule has 6 nitrogen and oxygen atoms in total. The fourth-order valence-electron chi connectivity index (χ4n) is 2.26. The second-order valence-corrected chi connectivity index (χ2v) is 4.83. The number of aryl methyl sites for hydroxylation is 1. The molecule has 108 valence electrons. The summed E-state index contributed by atoms with van der Waals surface area (Å²) in [6.07, 6.45) is 2.79. The Bertz CT molecular complexity index is 746. The molecule has 0 aliphatic rings. The lowest BCUT2D eigenvalue weighted by molar-refractivity contribution is 1.07. The predicted molar refractivity (Wildman–Crippen MR) is 85.1 cm³/mol. The molecule has 0 saturated carbocycles. The molecule has 0 atom stereocenters. The highest BCUT2D eigenvalue weighted by Gasteiger charge is 2.14. The van der Waals surface area contributed by atoms with Gasteiger partial charge in [-0.3, -0.25) is 5.10 Å². The molecule has 0 unspecified atom stereocenters. The third-order valence-electron chi connectivity index (χ3n) is 3.56. The number of hydrogen-bond acceptors (Lipinski definition) is 5. The van der Waals surface area contributed by atoms with Crippen LogP contribution in [0.1, 0.15) is 12.5 Å². The van der Waals surface area contributed by atoms with Gasteiger partial charge in [0.15, 0.2) is 5.65 Å². The number of aromatic amines is 1. The Balaban J connectivity index is 2.07. The average Bonchev–Trinajstić information content (AvgIpc) is 3.01. The van der Waals surface area contributed by atoms with Crippen molar-refractivity contribution in [2.24, 2.45) is 0 Å². The van der Waals surface area contributed by atoms with Gasteiger partial charge < -0.3 is 10.2 Å². The van der Waals surface area contributed by atoms with E-state index in [0.29, 0.717) is 5.95 Å². The van der Waals surface area contributed by atoms with Crippen LogP contribution in [0.25, 0.3) is 11.0 Å². The summed E-state index contributed by atoms with van der Waals surface area (Å²) in [6.45, 7) is 2.15. The molecule has 2 heterocycles. The van der Waals surface area contributed by atoms with E-state index in [1.54, 1.807) is 13.2 Å². The van der Waals surface area contributed by atoms with Crippen LogP contribution < -0.4 is 10.2 Å². The molecular weight excluding hydrogens is 264 g/mol. The van der Waals surface area contributed by atoms with E-state index in [0.717, 1.165) is 29.0 Å². The van der Waals surface area contributed by atoms with Gasteiger partial charge in [0, 0.05) is 19.8 Å². The van der Waals surface area contributed by atoms with Crippen molar-refractivity contribution in [2.75, 3.05) is 24.3 Å². The highest BCUT2D eigenvalue weighted by molar-refractivity contribution is 5.89. The molecule has 3 aromatic rings. The summed E-state index contributed by atoms with van der Waals surface area (Å²) in [4.78, 5) is 10.9. The number of fused-ring (bicyclic) bond motifs is 1. The van der Waals surface area contributed by atoms with Gasteiger partial charge in [0.2, 0.25) is 5.95 Å². The molecule has 0 fully saturated rings. The number of benzene rings is 1. The zero-order valence-electron chi connectivity index (χ0n) is 12.4. The minimum Gasteiger partial charge on any atom is -0.357 e. The number of anilines is 3. The lowest BCUT2D eigenvalue weighted by Gasteiger charge is -2.19. The van der Waals surface area contributed by atoms with Crippen LogP contribution in [-0.4, -0.2) is 34.3 Å². The van der Waals surface area contributed by atoms with Gasteiger partial charge in [-0.1, -0.05) is 19.1 Å². The van der Waals surface area contributed by atoms with E-state index in [1.165, 1.54) is 5.56 Å². The lowest BCUT2D eigenvalue weighted by atomic mass is 10.1. The molecule has 0 radical (unpaired) electrons. The van der Waals surface area contributed by atoms with Crippen molar-refractivity contribution in [1.82, 2.24) is 20.2 Å². The summed E-state index contributed by atoms with van der Waals surface area (Å²) in [5, 5.41) is 10.8. The van der Waals surface area contributed by atoms with Crippen LogP contribution in [0.5, 0.6) is 0 Å². The third-order valence-corrected chi connectivity index (χ3v) is 3.56. The number of aromatic nitrogens is 4. The van der Waals surface area contributed by atoms with E-state index in [2.05, 4.69) is 56.7 Å². The maximum Gasteiger partial charge on any atom is 0.226 e. The molecule has 0 bridgehead atoms. The minimum atomic E-state index is 0.568. The summed E-state index contributed by atoms with van der Waals surface area (Å²) in [5.41, 5.74) is 3.12. The summed E-state index contributed by atoms with van der Waals surface area (Å²) in [6, 6.07) is 8.48. The SMILES string of the molecule is CCc1ccc(N(C)c2nc(NC)nc3[nH]ncc23)cc1. The van der Waals surface area contributed by atoms with Crippen LogP contribution in [0.3, 0.4) is 0 Å². The fourth-order valence-corrected chi connectivity index (χ4v) is 2.26. The van der Waals surface area contributed by atoms with E-state index >= 15 is 0 Å². The fraction of sp³-hybridized carbons (Fsp3) is 0.267. The smallest absolute Gasteiger partial charge is 0.226 e. The molecule has 2 aromatic heterocycles. The molecule has 1 aromatic carbocycles. The molecule has 0 saturated heterocycles. The Labute approximate surface area is 123 Å². The lowest BCUT2D eigenvalue weighted by Crippen LogP contribution is -2.13. The zero-order chi connectivity index (χ0) is 14.8. The van der Waals surface area contributed by atoms with Gasteiger partial charge in [0.05, 0.1) is 11.6 Å². The van der Waals surface area contributed by atoms with Crippen molar-refractivity contribution in [3.63, 3.8) is 0 Å². The van der Waals surface area contributed by atoms with Gasteiger partial charge in [0.1, 0.15) is 5.82 Å². The molecule has 6 heteroatoms. The van der Waals surface area contributed by atoms with Gasteiger partial charge in [-0.25, -0.2) is 0 Å². The number of H-pyrrole nitrogens is 1. The van der Waals surface area contributed by atoms with Crippen molar-refractivity contribution in [2.45, 2.75) is 13.3 Å². The van der Waals surface area contributed by atoms with Gasteiger partial charge in [0.25, 0.3) is 0 Å². The third kappa shape index (κ3) is 2.40. The van der Waals surface area contributed by atoms with Crippen LogP contribution >= 0.6 is 0 Å². The summed E-state index contributed by atoms with van der Waals surface area (Å²) in [5.74, 6) is 1.39. The Morgan fingerprint density at radius 1 is 1.19 bits per heavy atom. The van der Waals surface area contributed by atoms with Crippen molar-refractivity contribution < 1.29 is 0 Å². The number of nitrogens with one attached hydrogen (secondary N) is 2. The normalized spacial score (nSPS) is 10.8. The minimum absolute atomic E-state index is 0.568. The quantitative estimate of drug-likeness (QED) is 0.770. The second-order valence-electron chi connectivity index (χ2n) is 4.83. The first-order chi connectivity index (χ1) is 10.2. The molecule has 21 heavy (non-hydrogen) atoms. The Kier molecular flexibility index (Phi) is 3.43. The number of rotatable bonds is 4. The first kappa shape index (κ1) is 13.4. The van der Waals surface area contributed by atoms with Crippen molar-refractivity contribution in [1.29, 1.82) is 0 Å². The monoisotopic (exact) mass is 282 g/mol. The Hall–Kier alpha value is -2.63. The van der Waals surface area contributed by atoms with Crippen LogP contribution in [-0.2, 0) is 6.42 Å². The van der Waals surface area contributed by atoms with Crippen LogP contribution in [0.15, 0.2) is 30.5 Å². The van der Waals surface area contributed by atoms with E-state index in [-0.39, 0.29) is 0 Å². The average molecular weight is 282 g/mol. The summed E-state index contributed by atoms with van der Waals surface area (Å²) >= 11 is 0. The van der Waals surface area contributed by atoms with Crippen LogP contribution in [0, 0.1) is 0 Å². The van der Waals surface area contributed by atoms with Gasteiger partial charge in [-0.15, -0.1) is 0 Å². The maximum absolute atomic E-state index is 4.55. The van der Waals surface area contributed by atoms with Gasteiger partial charge in [-0.2, -0.15) is 15.1 Å². The van der Waals surface area contributed by atoms with E-state index in [9.17, 15) is 0 Å². The highest BCUT2D eigenvalue weighted by atomic mass is 15.2. The first-order valence-corrected chi connectivity index (χ1v) is 6.94. The van der Waals surface area contributed by atoms with Crippen molar-refractivity contribution >= 4 is 28.5 Å². The molecule has 0 amide bonds. The summed E-state index contributed by atoms with van der Waals surface area (Å²) in [7, 11) is 3.80. The maximum atomic E-state index is 4.55. The van der Waals surface area contributed by atoms with Gasteiger partial charge in [-0.05, 0) is 24.1 Å². The van der Waals surface area contributed by atoms with Crippen molar-refractivity contribution in [3.05, 3.63) is 36.0 Å². The largest absolute Gasteiger partial charge is 0.357 e. The molecule has 2 N–H and O–H groups in total. The molecule has 0 spiro atoms. The topological polar surface area (TPSA) is 69.7 Å². The predicted octanol–water partition coefficient (Wildman–Crippen LogP) is 2.72.